The number of amides is 1. The molecule has 5 N–H and O–H groups in total. The first-order valence-corrected chi connectivity index (χ1v) is 23.7. The number of carboxylic acids is 1. The molecule has 1 aromatic carbocycles. The van der Waals surface area contributed by atoms with Crippen LogP contribution >= 0.6 is 0 Å². The first-order chi connectivity index (χ1) is 27.7. The van der Waals surface area contributed by atoms with Gasteiger partial charge in [-0.15, -0.1) is 0 Å². The van der Waals surface area contributed by atoms with Crippen LogP contribution in [0.25, 0.3) is 17.4 Å². The molecule has 4 rings (SSSR count). The van der Waals surface area contributed by atoms with Crippen molar-refractivity contribution >= 4 is 54.0 Å². The number of benzene rings is 2. The predicted octanol–water partition coefficient (Wildman–Crippen LogP) is 4.07. The molecule has 0 saturated heterocycles. The average molecular weight is 883 g/mol. The minimum Gasteiger partial charge on any atom is -0.481 e. The van der Waals surface area contributed by atoms with Crippen LogP contribution in [0.15, 0.2) is 69.8 Å². The highest BCUT2D eigenvalue weighted by Gasteiger charge is 2.43. The maximum atomic E-state index is 13.6. The summed E-state index contributed by atoms with van der Waals surface area (Å²) in [6.45, 7) is 5.13. The molecule has 1 unspecified atom stereocenters. The number of methoxy groups -OCH3 is 1. The summed E-state index contributed by atoms with van der Waals surface area (Å²) >= 11 is 0. The predicted molar refractivity (Wildman–Crippen MR) is 221 cm³/mol. The maximum absolute atomic E-state index is 13.6. The average Bonchev–Trinajstić information content (AvgIpc) is 3.37. The van der Waals surface area contributed by atoms with Gasteiger partial charge in [-0.1, -0.05) is 18.6 Å². The summed E-state index contributed by atoms with van der Waals surface area (Å²) in [6.07, 6.45) is 8.60. The van der Waals surface area contributed by atoms with E-state index in [1.165, 1.54) is 25.5 Å². The smallest absolute Gasteiger partial charge is 0.303 e. The van der Waals surface area contributed by atoms with Crippen molar-refractivity contribution in [3.63, 3.8) is 0 Å². The highest BCUT2D eigenvalue weighted by Crippen LogP contribution is 2.51. The Bertz CT molecular complexity index is 2440. The monoisotopic (exact) mass is 882 g/mol. The Balaban J connectivity index is 1.87. The van der Waals surface area contributed by atoms with Gasteiger partial charge in [-0.05, 0) is 87.1 Å². The largest absolute Gasteiger partial charge is 0.481 e. The Morgan fingerprint density at radius 3 is 2.31 bits per heavy atom. The molecule has 59 heavy (non-hydrogen) atoms. The fourth-order valence-corrected chi connectivity index (χ4v) is 8.78. The lowest BCUT2D eigenvalue weighted by Gasteiger charge is -2.30. The molecule has 20 heteroatoms. The lowest BCUT2D eigenvalue weighted by molar-refractivity contribution is -0.137. The van der Waals surface area contributed by atoms with E-state index in [0.29, 0.717) is 71.5 Å². The van der Waals surface area contributed by atoms with Crippen molar-refractivity contribution in [1.29, 1.82) is 0 Å². The van der Waals surface area contributed by atoms with E-state index in [-0.39, 0.29) is 55.8 Å². The van der Waals surface area contributed by atoms with Gasteiger partial charge in [-0.3, -0.25) is 23.2 Å². The molecule has 1 aromatic rings. The Morgan fingerprint density at radius 2 is 1.66 bits per heavy atom. The molecule has 1 amide bonds. The molecule has 0 radical (unpaired) electrons. The first kappa shape index (κ1) is 47.2. The molecule has 0 fully saturated rings. The number of unbranched alkanes of at least 4 members (excludes halogenated alkanes) is 2. The summed E-state index contributed by atoms with van der Waals surface area (Å²) in [5.74, 6) is -1.94. The molecule has 0 bridgehead atoms. The summed E-state index contributed by atoms with van der Waals surface area (Å²) in [5, 5.41) is 12.4. The van der Waals surface area contributed by atoms with Crippen LogP contribution in [0.2, 0.25) is 0 Å². The van der Waals surface area contributed by atoms with Gasteiger partial charge in [0.25, 0.3) is 36.3 Å². The number of aliphatic carboxylic acids is 1. The molecule has 2 aliphatic heterocycles. The number of carbonyl (C=O) groups is 2. The van der Waals surface area contributed by atoms with E-state index < -0.39 is 59.2 Å². The van der Waals surface area contributed by atoms with E-state index in [9.17, 15) is 48.5 Å². The van der Waals surface area contributed by atoms with Crippen molar-refractivity contribution in [2.45, 2.75) is 69.1 Å². The number of carboxylic acid groups (broad SMARTS) is 1. The van der Waals surface area contributed by atoms with E-state index in [4.69, 9.17) is 14.3 Å². The van der Waals surface area contributed by atoms with Crippen molar-refractivity contribution in [3.8, 4) is 11.3 Å². The number of fused-ring (bicyclic) bond motifs is 2. The lowest BCUT2D eigenvalue weighted by Crippen LogP contribution is -2.39. The van der Waals surface area contributed by atoms with Gasteiger partial charge in [-0.2, -0.15) is 25.3 Å². The van der Waals surface area contributed by atoms with Crippen LogP contribution < -0.4 is 20.1 Å². The van der Waals surface area contributed by atoms with Crippen LogP contribution in [-0.2, 0) is 45.3 Å². The Hall–Kier alpha value is -4.44. The first-order valence-electron chi connectivity index (χ1n) is 19.0. The highest BCUT2D eigenvalue weighted by molar-refractivity contribution is 7.86. The summed E-state index contributed by atoms with van der Waals surface area (Å²) < 4.78 is 112. The number of nitrogens with zero attached hydrogens (tertiary/aromatic N) is 2. The summed E-state index contributed by atoms with van der Waals surface area (Å²) in [5.41, 5.74) is 2.20. The number of carbonyl (C=O) groups excluding carboxylic acids is 1. The Kier molecular flexibility index (Phi) is 16.2. The quantitative estimate of drug-likeness (QED) is 0.0542. The Labute approximate surface area is 344 Å². The topological polar surface area (TPSA) is 258 Å². The molecule has 3 aliphatic rings. The van der Waals surface area contributed by atoms with Crippen molar-refractivity contribution in [2.75, 3.05) is 56.3 Å². The van der Waals surface area contributed by atoms with Crippen LogP contribution in [0.3, 0.4) is 0 Å². The Morgan fingerprint density at radius 1 is 0.949 bits per heavy atom. The zero-order valence-electron chi connectivity index (χ0n) is 33.2. The molecular formula is C39H52N3O14S3+. The van der Waals surface area contributed by atoms with Gasteiger partial charge in [0.1, 0.15) is 24.4 Å². The SMILES string of the molecule is CC[N+](CCCS(=O)(=O)O)=c1cc2occc(/C=C/C=C3/N(CCCCCC(=O)O)c4ccc(S(=O)(=O)O)cc4C3(C)CCCS(=O)(=O)O)c-2cc1C(=O)NCCOC. The summed E-state index contributed by atoms with van der Waals surface area (Å²) in [7, 11) is -11.7. The van der Waals surface area contributed by atoms with Gasteiger partial charge in [0.05, 0.1) is 35.3 Å². The third kappa shape index (κ3) is 13.0. The second kappa shape index (κ2) is 20.2. The van der Waals surface area contributed by atoms with Gasteiger partial charge in [0, 0.05) is 55.4 Å². The number of rotatable bonds is 22. The molecule has 1 atom stereocenters. The molecular weight excluding hydrogens is 831 g/mol. The van der Waals surface area contributed by atoms with Gasteiger partial charge in [0.15, 0.2) is 0 Å². The van der Waals surface area contributed by atoms with E-state index in [2.05, 4.69) is 5.32 Å². The van der Waals surface area contributed by atoms with Gasteiger partial charge >= 0.3 is 5.97 Å². The third-order valence-corrected chi connectivity index (χ3v) is 12.6. The minimum absolute atomic E-state index is 0.00531. The number of hydrogen-bond acceptors (Lipinski definition) is 11. The van der Waals surface area contributed by atoms with Crippen molar-refractivity contribution in [3.05, 3.63) is 82.6 Å². The maximum Gasteiger partial charge on any atom is 0.303 e. The minimum atomic E-state index is -4.62. The van der Waals surface area contributed by atoms with Gasteiger partial charge < -0.3 is 24.5 Å². The second-order valence-corrected chi connectivity index (χ2v) is 18.9. The number of nitrogens with one attached hydrogen (secondary N) is 1. The molecule has 2 heterocycles. The number of allylic oxidation sites excluding steroid dienone is 3. The fourth-order valence-electron chi connectivity index (χ4n) is 7.27. The third-order valence-electron chi connectivity index (χ3n) is 10.1. The molecule has 324 valence electrons. The van der Waals surface area contributed by atoms with E-state index in [1.54, 1.807) is 42.5 Å². The van der Waals surface area contributed by atoms with Crippen LogP contribution in [0, 0.1) is 0 Å². The normalized spacial score (nSPS) is 17.2. The van der Waals surface area contributed by atoms with Gasteiger partial charge in [-0.25, -0.2) is 4.58 Å². The van der Waals surface area contributed by atoms with E-state index in [1.807, 2.05) is 23.3 Å². The molecule has 17 nitrogen and oxygen atoms in total. The van der Waals surface area contributed by atoms with Gasteiger partial charge in [0.2, 0.25) is 5.36 Å². The zero-order chi connectivity index (χ0) is 43.6. The van der Waals surface area contributed by atoms with Crippen molar-refractivity contribution in [2.24, 2.45) is 0 Å². The van der Waals surface area contributed by atoms with E-state index in [0.717, 1.165) is 0 Å². The van der Waals surface area contributed by atoms with Crippen molar-refractivity contribution in [1.82, 2.24) is 9.89 Å². The number of anilines is 1. The van der Waals surface area contributed by atoms with E-state index >= 15 is 0 Å². The van der Waals surface area contributed by atoms with Crippen LogP contribution in [-0.4, -0.2) is 107 Å². The van der Waals surface area contributed by atoms with Crippen LogP contribution in [0.5, 0.6) is 0 Å². The molecule has 0 aromatic heterocycles. The highest BCUT2D eigenvalue weighted by atomic mass is 32.2. The lowest BCUT2D eigenvalue weighted by atomic mass is 9.77. The molecule has 0 saturated carbocycles. The van der Waals surface area contributed by atoms with Crippen molar-refractivity contribution < 1.29 is 62.8 Å². The molecule has 1 aliphatic carbocycles. The fraction of sp³-hybridized carbons (Fsp3) is 0.462. The molecule has 0 spiro atoms. The summed E-state index contributed by atoms with van der Waals surface area (Å²) in [6, 6.07) is 9.23. The second-order valence-electron chi connectivity index (χ2n) is 14.4. The number of ether oxygens (including phenoxy) is 1. The van der Waals surface area contributed by atoms with Crippen LogP contribution in [0.1, 0.15) is 80.3 Å². The number of hydrogen-bond donors (Lipinski definition) is 5. The zero-order valence-corrected chi connectivity index (χ0v) is 35.6. The summed E-state index contributed by atoms with van der Waals surface area (Å²) in [4.78, 5) is 26.4. The van der Waals surface area contributed by atoms with Crippen LogP contribution in [0.4, 0.5) is 5.69 Å². The standard InChI is InChI=1S/C39H51N3O14S3/c1-4-41(19-10-24-58(49,50)51)34-27-35-30(26-31(34)38(45)40-18-22-55-3)28(16-21-56-35)11-8-12-36-39(2,17-9-23-57(46,47)48)32-25-29(59(52,53)54)14-15-33(32)42(36)20-7-5-6-13-37(43)44/h8,11-12,14-16,21,25-27H,4-7,9-10,13,17-20,22-24H2,1-3H3,(H4-,40,43,44,45,46,47,48,49,50,51,52,53,54)/p+1.